The largest absolute Gasteiger partial charge is 0.359 e. The first kappa shape index (κ1) is 16.3. The van der Waals surface area contributed by atoms with Crippen LogP contribution >= 0.6 is 0 Å². The quantitative estimate of drug-likeness (QED) is 0.870. The van der Waals surface area contributed by atoms with Gasteiger partial charge in [0.15, 0.2) is 0 Å². The summed E-state index contributed by atoms with van der Waals surface area (Å²) in [6.07, 6.45) is 7.46. The lowest BCUT2D eigenvalue weighted by atomic mass is 10.0. The van der Waals surface area contributed by atoms with Gasteiger partial charge in [-0.1, -0.05) is 0 Å². The summed E-state index contributed by atoms with van der Waals surface area (Å²) in [5.74, 6) is 0.547. The SMILES string of the molecule is O=C1CNc2ncc(C(=O)N3CCCCC3CN3CCCC3)cc2N1. The molecule has 3 aliphatic heterocycles. The molecule has 0 spiro atoms. The lowest BCUT2D eigenvalue weighted by molar-refractivity contribution is -0.114. The van der Waals surface area contributed by atoms with Crippen molar-refractivity contribution in [2.45, 2.75) is 38.1 Å². The molecule has 0 aliphatic carbocycles. The minimum Gasteiger partial charge on any atom is -0.359 e. The normalized spacial score (nSPS) is 23.8. The lowest BCUT2D eigenvalue weighted by Crippen LogP contribution is -2.49. The summed E-state index contributed by atoms with van der Waals surface area (Å²) in [6.45, 7) is 4.30. The Morgan fingerprint density at radius 3 is 2.84 bits per heavy atom. The molecule has 0 radical (unpaired) electrons. The van der Waals surface area contributed by atoms with Crippen LogP contribution in [0.2, 0.25) is 0 Å². The van der Waals surface area contributed by atoms with Crippen LogP contribution in [0.4, 0.5) is 11.5 Å². The van der Waals surface area contributed by atoms with Crippen LogP contribution in [0, 0.1) is 0 Å². The number of fused-ring (bicyclic) bond motifs is 1. The molecular weight excluding hydrogens is 318 g/mol. The molecule has 2 amide bonds. The summed E-state index contributed by atoms with van der Waals surface area (Å²) in [6, 6.07) is 2.03. The highest BCUT2D eigenvalue weighted by molar-refractivity contribution is 6.02. The van der Waals surface area contributed by atoms with Crippen molar-refractivity contribution in [3.8, 4) is 0 Å². The van der Waals surface area contributed by atoms with E-state index in [4.69, 9.17) is 0 Å². The average molecular weight is 343 g/mol. The van der Waals surface area contributed by atoms with Crippen molar-refractivity contribution in [3.63, 3.8) is 0 Å². The van der Waals surface area contributed by atoms with Gasteiger partial charge in [-0.15, -0.1) is 0 Å². The van der Waals surface area contributed by atoms with E-state index in [-0.39, 0.29) is 24.4 Å². The van der Waals surface area contributed by atoms with Gasteiger partial charge in [-0.05, 0) is 51.3 Å². The maximum absolute atomic E-state index is 13.1. The van der Waals surface area contributed by atoms with Gasteiger partial charge in [0.2, 0.25) is 5.91 Å². The zero-order chi connectivity index (χ0) is 17.2. The van der Waals surface area contributed by atoms with Gasteiger partial charge in [0.1, 0.15) is 5.82 Å². The molecule has 7 heteroatoms. The molecule has 0 bridgehead atoms. The van der Waals surface area contributed by atoms with Crippen LogP contribution in [0.15, 0.2) is 12.3 Å². The third-order valence-corrected chi connectivity index (χ3v) is 5.38. The average Bonchev–Trinajstić information content (AvgIpc) is 3.14. The Bertz CT molecular complexity index is 671. The molecule has 7 nitrogen and oxygen atoms in total. The Hall–Kier alpha value is -2.15. The smallest absolute Gasteiger partial charge is 0.255 e. The van der Waals surface area contributed by atoms with E-state index in [0.29, 0.717) is 17.1 Å². The number of likely N-dealkylation sites (tertiary alicyclic amines) is 2. The van der Waals surface area contributed by atoms with Crippen molar-refractivity contribution in [3.05, 3.63) is 17.8 Å². The van der Waals surface area contributed by atoms with Crippen molar-refractivity contribution < 1.29 is 9.59 Å². The zero-order valence-corrected chi connectivity index (χ0v) is 14.5. The summed E-state index contributed by atoms with van der Waals surface area (Å²) in [5.41, 5.74) is 1.14. The lowest BCUT2D eigenvalue weighted by Gasteiger charge is -2.38. The highest BCUT2D eigenvalue weighted by Crippen LogP contribution is 2.26. The summed E-state index contributed by atoms with van der Waals surface area (Å²) in [7, 11) is 0. The molecule has 1 unspecified atom stereocenters. The Morgan fingerprint density at radius 1 is 1.20 bits per heavy atom. The molecule has 134 valence electrons. The number of hydrogen-bond donors (Lipinski definition) is 2. The van der Waals surface area contributed by atoms with E-state index < -0.39 is 0 Å². The van der Waals surface area contributed by atoms with Crippen LogP contribution < -0.4 is 10.6 Å². The molecule has 25 heavy (non-hydrogen) atoms. The van der Waals surface area contributed by atoms with Crippen LogP contribution in [0.1, 0.15) is 42.5 Å². The second kappa shape index (κ2) is 7.00. The van der Waals surface area contributed by atoms with Crippen molar-refractivity contribution >= 4 is 23.3 Å². The summed E-state index contributed by atoms with van der Waals surface area (Å²) < 4.78 is 0. The third kappa shape index (κ3) is 3.46. The number of carbonyl (C=O) groups is 2. The summed E-state index contributed by atoms with van der Waals surface area (Å²) in [5, 5.41) is 5.75. The summed E-state index contributed by atoms with van der Waals surface area (Å²) >= 11 is 0. The van der Waals surface area contributed by atoms with E-state index in [0.717, 1.165) is 39.0 Å². The Morgan fingerprint density at radius 2 is 2.00 bits per heavy atom. The fourth-order valence-electron chi connectivity index (χ4n) is 4.06. The Kier molecular flexibility index (Phi) is 4.57. The predicted molar refractivity (Wildman–Crippen MR) is 95.7 cm³/mol. The minimum atomic E-state index is -0.108. The van der Waals surface area contributed by atoms with Gasteiger partial charge < -0.3 is 20.4 Å². The molecule has 4 rings (SSSR count). The number of aromatic nitrogens is 1. The third-order valence-electron chi connectivity index (χ3n) is 5.38. The second-order valence-electron chi connectivity index (χ2n) is 7.18. The van der Waals surface area contributed by atoms with E-state index >= 15 is 0 Å². The number of carbonyl (C=O) groups excluding carboxylic acids is 2. The van der Waals surface area contributed by atoms with Crippen molar-refractivity contribution in [1.29, 1.82) is 0 Å². The number of pyridine rings is 1. The van der Waals surface area contributed by atoms with Gasteiger partial charge in [0, 0.05) is 25.3 Å². The van der Waals surface area contributed by atoms with Gasteiger partial charge >= 0.3 is 0 Å². The van der Waals surface area contributed by atoms with Crippen LogP contribution in [0.3, 0.4) is 0 Å². The fraction of sp³-hybridized carbons (Fsp3) is 0.611. The van der Waals surface area contributed by atoms with Crippen LogP contribution in [-0.4, -0.2) is 65.4 Å². The number of anilines is 2. The molecule has 0 saturated carbocycles. The van der Waals surface area contributed by atoms with Gasteiger partial charge in [-0.3, -0.25) is 9.59 Å². The van der Waals surface area contributed by atoms with Gasteiger partial charge in [0.25, 0.3) is 5.91 Å². The van der Waals surface area contributed by atoms with E-state index in [9.17, 15) is 9.59 Å². The van der Waals surface area contributed by atoms with Gasteiger partial charge in [0.05, 0.1) is 17.8 Å². The molecule has 1 atom stereocenters. The molecule has 1 aromatic rings. The second-order valence-corrected chi connectivity index (χ2v) is 7.18. The van der Waals surface area contributed by atoms with E-state index in [1.165, 1.54) is 19.3 Å². The first-order valence-electron chi connectivity index (χ1n) is 9.28. The summed E-state index contributed by atoms with van der Waals surface area (Å²) in [4.78, 5) is 33.4. The maximum atomic E-state index is 13.1. The van der Waals surface area contributed by atoms with E-state index in [1.54, 1.807) is 12.3 Å². The van der Waals surface area contributed by atoms with E-state index in [2.05, 4.69) is 20.5 Å². The van der Waals surface area contributed by atoms with Crippen LogP contribution in [0.25, 0.3) is 0 Å². The zero-order valence-electron chi connectivity index (χ0n) is 14.5. The van der Waals surface area contributed by atoms with E-state index in [1.807, 2.05) is 4.90 Å². The molecule has 2 N–H and O–H groups in total. The fourth-order valence-corrected chi connectivity index (χ4v) is 4.06. The highest BCUT2D eigenvalue weighted by atomic mass is 16.2. The van der Waals surface area contributed by atoms with Gasteiger partial charge in [-0.25, -0.2) is 4.98 Å². The number of hydrogen-bond acceptors (Lipinski definition) is 5. The Labute approximate surface area is 147 Å². The predicted octanol–water partition coefficient (Wildman–Crippen LogP) is 1.54. The van der Waals surface area contributed by atoms with Crippen LogP contribution in [-0.2, 0) is 4.79 Å². The first-order chi connectivity index (χ1) is 12.2. The molecule has 4 heterocycles. The molecule has 2 saturated heterocycles. The number of nitrogens with one attached hydrogen (secondary N) is 2. The maximum Gasteiger partial charge on any atom is 0.255 e. The molecular formula is C18H25N5O2. The topological polar surface area (TPSA) is 77.6 Å². The molecule has 3 aliphatic rings. The number of piperidine rings is 1. The highest BCUT2D eigenvalue weighted by Gasteiger charge is 2.30. The number of amides is 2. The van der Waals surface area contributed by atoms with Crippen molar-refractivity contribution in [1.82, 2.24) is 14.8 Å². The van der Waals surface area contributed by atoms with Crippen molar-refractivity contribution in [2.24, 2.45) is 0 Å². The van der Waals surface area contributed by atoms with Crippen LogP contribution in [0.5, 0.6) is 0 Å². The molecule has 2 fully saturated rings. The molecule has 1 aromatic heterocycles. The monoisotopic (exact) mass is 343 g/mol. The molecule has 0 aromatic carbocycles. The Balaban J connectivity index is 1.51. The standard InChI is InChI=1S/C18H25N5O2/c24-16-11-20-17-15(21-16)9-13(10-19-17)18(25)23-8-2-1-5-14(23)12-22-6-3-4-7-22/h9-10,14H,1-8,11-12H2,(H,19,20)(H,21,24). The number of nitrogens with zero attached hydrogens (tertiary/aromatic N) is 3. The number of rotatable bonds is 3. The van der Waals surface area contributed by atoms with Gasteiger partial charge in [-0.2, -0.15) is 0 Å². The minimum absolute atomic E-state index is 0.0269. The van der Waals surface area contributed by atoms with Crippen molar-refractivity contribution in [2.75, 3.05) is 43.4 Å². The first-order valence-corrected chi connectivity index (χ1v) is 9.28.